The number of sulfone groups is 1. The van der Waals surface area contributed by atoms with Gasteiger partial charge in [-0.05, 0) is 26.7 Å². The average Bonchev–Trinajstić information content (AvgIpc) is 2.27. The summed E-state index contributed by atoms with van der Waals surface area (Å²) in [5, 5.41) is 0.648. The number of nitrogens with zero attached hydrogens (tertiary/aromatic N) is 1. The molecule has 0 spiro atoms. The quantitative estimate of drug-likeness (QED) is 0.667. The molecule has 0 heterocycles. The Hall–Kier alpha value is -0.100. The molecule has 0 bridgehead atoms. The Labute approximate surface area is 119 Å². The fourth-order valence-electron chi connectivity index (χ4n) is 1.77. The van der Waals surface area contributed by atoms with E-state index in [-0.39, 0.29) is 11.9 Å². The van der Waals surface area contributed by atoms with E-state index < -0.39 is 14.6 Å². The van der Waals surface area contributed by atoms with Crippen molar-refractivity contribution >= 4 is 31.7 Å². The van der Waals surface area contributed by atoms with Crippen molar-refractivity contribution in [1.82, 2.24) is 4.90 Å². The molecule has 0 saturated carbocycles. The molecule has 18 heavy (non-hydrogen) atoms. The van der Waals surface area contributed by atoms with Crippen LogP contribution in [0.15, 0.2) is 0 Å². The molecule has 0 aromatic heterocycles. The normalized spacial score (nSPS) is 12.8. The Morgan fingerprint density at radius 2 is 1.72 bits per heavy atom. The highest BCUT2D eigenvalue weighted by molar-refractivity contribution is 9.09. The molecule has 0 N–H and O–H groups in total. The van der Waals surface area contributed by atoms with Crippen LogP contribution >= 0.6 is 15.9 Å². The molecule has 0 aromatic rings. The Morgan fingerprint density at radius 3 is 2.00 bits per heavy atom. The maximum absolute atomic E-state index is 12.5. The second kappa shape index (κ2) is 6.89. The summed E-state index contributed by atoms with van der Waals surface area (Å²) in [7, 11) is -3.42. The van der Waals surface area contributed by atoms with Gasteiger partial charge in [0.05, 0.1) is 0 Å². The Morgan fingerprint density at radius 1 is 1.28 bits per heavy atom. The molecule has 0 unspecified atom stereocenters. The summed E-state index contributed by atoms with van der Waals surface area (Å²) in [6, 6.07) is 0.0936. The van der Waals surface area contributed by atoms with Crippen LogP contribution in [0.1, 0.15) is 40.5 Å². The van der Waals surface area contributed by atoms with Crippen molar-refractivity contribution in [2.75, 3.05) is 18.1 Å². The van der Waals surface area contributed by atoms with E-state index in [1.807, 2.05) is 13.8 Å². The average molecular weight is 342 g/mol. The van der Waals surface area contributed by atoms with Crippen LogP contribution < -0.4 is 0 Å². The van der Waals surface area contributed by atoms with Crippen molar-refractivity contribution in [3.05, 3.63) is 0 Å². The molecular weight excluding hydrogens is 318 g/mol. The summed E-state index contributed by atoms with van der Waals surface area (Å²) < 4.78 is 22.1. The zero-order chi connectivity index (χ0) is 14.6. The van der Waals surface area contributed by atoms with Gasteiger partial charge in [-0.15, -0.1) is 0 Å². The molecule has 0 fully saturated rings. The van der Waals surface area contributed by atoms with Gasteiger partial charge >= 0.3 is 0 Å². The fraction of sp³-hybridized carbons (Fsp3) is 0.917. The van der Waals surface area contributed by atoms with E-state index in [0.29, 0.717) is 11.9 Å². The SMILES string of the molecule is CCC(CC)N(CCBr)C(=O)C(C)(C)S(C)(=O)=O. The van der Waals surface area contributed by atoms with Crippen LogP contribution in [0.2, 0.25) is 0 Å². The van der Waals surface area contributed by atoms with E-state index in [1.54, 1.807) is 4.90 Å². The third-order valence-electron chi connectivity index (χ3n) is 3.41. The van der Waals surface area contributed by atoms with Gasteiger partial charge in [-0.25, -0.2) is 8.42 Å². The van der Waals surface area contributed by atoms with Crippen LogP contribution in [-0.4, -0.2) is 48.1 Å². The van der Waals surface area contributed by atoms with Crippen molar-refractivity contribution in [3.8, 4) is 0 Å². The van der Waals surface area contributed by atoms with Crippen LogP contribution in [0.3, 0.4) is 0 Å². The van der Waals surface area contributed by atoms with Crippen LogP contribution in [0.4, 0.5) is 0 Å². The Kier molecular flexibility index (Phi) is 6.85. The monoisotopic (exact) mass is 341 g/mol. The zero-order valence-corrected chi connectivity index (χ0v) is 14.3. The largest absolute Gasteiger partial charge is 0.338 e. The number of hydrogen-bond acceptors (Lipinski definition) is 3. The molecule has 0 aliphatic rings. The first kappa shape index (κ1) is 17.9. The lowest BCUT2D eigenvalue weighted by Gasteiger charge is -2.35. The molecule has 0 radical (unpaired) electrons. The van der Waals surface area contributed by atoms with Crippen molar-refractivity contribution < 1.29 is 13.2 Å². The van der Waals surface area contributed by atoms with Gasteiger partial charge in [-0.2, -0.15) is 0 Å². The van der Waals surface area contributed by atoms with Crippen LogP contribution in [-0.2, 0) is 14.6 Å². The van der Waals surface area contributed by atoms with Gasteiger partial charge in [-0.1, -0.05) is 29.8 Å². The molecule has 0 atom stereocenters. The van der Waals surface area contributed by atoms with Gasteiger partial charge < -0.3 is 4.90 Å². The van der Waals surface area contributed by atoms with Gasteiger partial charge in [0.15, 0.2) is 9.84 Å². The van der Waals surface area contributed by atoms with Gasteiger partial charge in [0.2, 0.25) is 5.91 Å². The predicted octanol–water partition coefficient (Wildman–Crippen LogP) is 2.22. The van der Waals surface area contributed by atoms with Crippen molar-refractivity contribution in [3.63, 3.8) is 0 Å². The number of amides is 1. The number of carbonyl (C=O) groups is 1. The van der Waals surface area contributed by atoms with Gasteiger partial charge in [0, 0.05) is 24.2 Å². The van der Waals surface area contributed by atoms with Crippen LogP contribution in [0.5, 0.6) is 0 Å². The molecule has 0 aromatic carbocycles. The molecule has 1 amide bonds. The number of halogens is 1. The zero-order valence-electron chi connectivity index (χ0n) is 11.9. The van der Waals surface area contributed by atoms with E-state index in [2.05, 4.69) is 15.9 Å². The molecule has 0 saturated heterocycles. The smallest absolute Gasteiger partial charge is 0.243 e. The van der Waals surface area contributed by atoms with Crippen LogP contribution in [0, 0.1) is 0 Å². The van der Waals surface area contributed by atoms with Crippen molar-refractivity contribution in [2.24, 2.45) is 0 Å². The molecule has 6 heteroatoms. The first-order valence-electron chi connectivity index (χ1n) is 6.20. The molecule has 4 nitrogen and oxygen atoms in total. The highest BCUT2D eigenvalue weighted by Crippen LogP contribution is 2.22. The first-order valence-corrected chi connectivity index (χ1v) is 9.21. The van der Waals surface area contributed by atoms with Crippen molar-refractivity contribution in [2.45, 2.75) is 51.3 Å². The highest BCUT2D eigenvalue weighted by atomic mass is 79.9. The maximum Gasteiger partial charge on any atom is 0.243 e. The summed E-state index contributed by atoms with van der Waals surface area (Å²) in [6.45, 7) is 7.51. The van der Waals surface area contributed by atoms with E-state index in [1.165, 1.54) is 13.8 Å². The Balaban J connectivity index is 5.33. The topological polar surface area (TPSA) is 54.5 Å². The third kappa shape index (κ3) is 3.95. The highest BCUT2D eigenvalue weighted by Gasteiger charge is 2.42. The summed E-state index contributed by atoms with van der Waals surface area (Å²) in [4.78, 5) is 14.2. The molecule has 0 aliphatic carbocycles. The number of alkyl halides is 1. The van der Waals surface area contributed by atoms with Gasteiger partial charge in [0.1, 0.15) is 4.75 Å². The number of rotatable bonds is 7. The lowest BCUT2D eigenvalue weighted by molar-refractivity contribution is -0.135. The van der Waals surface area contributed by atoms with E-state index in [4.69, 9.17) is 0 Å². The minimum atomic E-state index is -3.42. The molecule has 0 aliphatic heterocycles. The van der Waals surface area contributed by atoms with Crippen molar-refractivity contribution in [1.29, 1.82) is 0 Å². The Bertz CT molecular complexity index is 375. The van der Waals surface area contributed by atoms with Gasteiger partial charge in [-0.3, -0.25) is 4.79 Å². The lowest BCUT2D eigenvalue weighted by Crippen LogP contribution is -2.53. The standard InChI is InChI=1S/C12H24BrNO3S/c1-6-10(7-2)14(9-8-13)11(15)12(3,4)18(5,16)17/h10H,6-9H2,1-5H3. The maximum atomic E-state index is 12.5. The first-order chi connectivity index (χ1) is 8.13. The molecule has 108 valence electrons. The lowest BCUT2D eigenvalue weighted by atomic mass is 10.1. The van der Waals surface area contributed by atoms with E-state index in [0.717, 1.165) is 19.1 Å². The van der Waals surface area contributed by atoms with Gasteiger partial charge in [0.25, 0.3) is 0 Å². The van der Waals surface area contributed by atoms with E-state index in [9.17, 15) is 13.2 Å². The third-order valence-corrected chi connectivity index (χ3v) is 5.79. The predicted molar refractivity (Wildman–Crippen MR) is 78.8 cm³/mol. The number of carbonyl (C=O) groups excluding carboxylic acids is 1. The summed E-state index contributed by atoms with van der Waals surface area (Å²) in [6.07, 6.45) is 2.77. The summed E-state index contributed by atoms with van der Waals surface area (Å²) >= 11 is 3.32. The second-order valence-electron chi connectivity index (χ2n) is 4.94. The minimum Gasteiger partial charge on any atom is -0.338 e. The fourth-order valence-corrected chi connectivity index (χ4v) is 2.59. The van der Waals surface area contributed by atoms with E-state index >= 15 is 0 Å². The minimum absolute atomic E-state index is 0.0936. The summed E-state index contributed by atoms with van der Waals surface area (Å²) in [5.74, 6) is -0.307. The number of hydrogen-bond donors (Lipinski definition) is 0. The molecule has 0 rings (SSSR count). The molecular formula is C12H24BrNO3S. The summed E-state index contributed by atoms with van der Waals surface area (Å²) in [5.41, 5.74) is 0. The second-order valence-corrected chi connectivity index (χ2v) is 8.30. The van der Waals surface area contributed by atoms with Crippen LogP contribution in [0.25, 0.3) is 0 Å².